The summed E-state index contributed by atoms with van der Waals surface area (Å²) in [7, 11) is -2.04. The monoisotopic (exact) mass is 663 g/mol. The van der Waals surface area contributed by atoms with Crippen LogP contribution in [0, 0.1) is 8.99 Å². The number of hydrogen-bond acceptors (Lipinski definition) is 4. The molecule has 1 unspecified atom stereocenters. The molecule has 4 rings (SSSR count). The molecule has 2 aromatic rings. The Balaban J connectivity index is 1.88. The predicted molar refractivity (Wildman–Crippen MR) is 172 cm³/mol. The molecule has 1 aromatic carbocycles. The second-order valence-corrected chi connectivity index (χ2v) is 21.0. The van der Waals surface area contributed by atoms with Crippen molar-refractivity contribution in [3.63, 3.8) is 0 Å². The fourth-order valence-electron chi connectivity index (χ4n) is 5.75. The molecule has 0 amide bonds. The van der Waals surface area contributed by atoms with Crippen LogP contribution in [-0.4, -0.2) is 31.6 Å². The molecule has 1 N–H and O–H groups in total. The van der Waals surface area contributed by atoms with Crippen LogP contribution in [0.15, 0.2) is 24.3 Å². The highest BCUT2D eigenvalue weighted by Crippen LogP contribution is 2.50. The minimum absolute atomic E-state index is 0.0120. The third-order valence-electron chi connectivity index (χ3n) is 9.24. The van der Waals surface area contributed by atoms with Gasteiger partial charge in [-0.1, -0.05) is 79.7 Å². The lowest BCUT2D eigenvalue weighted by molar-refractivity contribution is 0.0827. The van der Waals surface area contributed by atoms with E-state index in [9.17, 15) is 5.11 Å². The van der Waals surface area contributed by atoms with Gasteiger partial charge in [-0.2, -0.15) is 0 Å². The summed E-state index contributed by atoms with van der Waals surface area (Å²) in [5.74, 6) is 0.292. The molecule has 216 valence electrons. The molecule has 39 heavy (non-hydrogen) atoms. The molecule has 1 aromatic heterocycles. The van der Waals surface area contributed by atoms with E-state index in [1.54, 1.807) is 0 Å². The standard InChI is InChI=1S/C33H50INO3Si/c1-31(2,3)23-13-11-22(12-14-23)30(36)27-28(34)26-24(35-29(27)21-15-17-37-18-16-21)19-33(7,8)20-25(26)38-39(9,10)32(4,5)6/h11-14,21,25,30,36H,15-20H2,1-10H3/t25-,30?/m1/s1. The molecular formula is C33H50INO3Si. The normalized spacial score (nSPS) is 21.5. The van der Waals surface area contributed by atoms with Gasteiger partial charge in [0, 0.05) is 39.5 Å². The predicted octanol–water partition coefficient (Wildman–Crippen LogP) is 8.99. The minimum Gasteiger partial charge on any atom is -0.410 e. The van der Waals surface area contributed by atoms with Crippen molar-refractivity contribution in [1.82, 2.24) is 4.98 Å². The Kier molecular flexibility index (Phi) is 8.88. The number of aliphatic hydroxyl groups is 1. The highest BCUT2D eigenvalue weighted by molar-refractivity contribution is 14.1. The number of benzene rings is 1. The van der Waals surface area contributed by atoms with Gasteiger partial charge in [0.15, 0.2) is 8.32 Å². The molecule has 2 heterocycles. The van der Waals surface area contributed by atoms with Gasteiger partial charge in [-0.15, -0.1) is 0 Å². The Bertz CT molecular complexity index is 1170. The van der Waals surface area contributed by atoms with Gasteiger partial charge >= 0.3 is 0 Å². The molecule has 0 saturated carbocycles. The van der Waals surface area contributed by atoms with E-state index in [0.29, 0.717) is 5.92 Å². The number of fused-ring (bicyclic) bond motifs is 1. The lowest BCUT2D eigenvalue weighted by Gasteiger charge is -2.45. The number of aliphatic hydroxyl groups excluding tert-OH is 1. The van der Waals surface area contributed by atoms with Crippen LogP contribution in [0.3, 0.4) is 0 Å². The maximum Gasteiger partial charge on any atom is 0.192 e. The SMILES string of the molecule is CC1(C)Cc2nc(C3CCOCC3)c(C(O)c3ccc(C(C)(C)C)cc3)c(I)c2[C@H](O[Si](C)(C)C(C)(C)C)C1. The first-order valence-corrected chi connectivity index (χ1v) is 18.7. The Labute approximate surface area is 252 Å². The van der Waals surface area contributed by atoms with Gasteiger partial charge in [0.2, 0.25) is 0 Å². The molecule has 0 bridgehead atoms. The van der Waals surface area contributed by atoms with Crippen LogP contribution < -0.4 is 0 Å². The Morgan fingerprint density at radius 3 is 2.18 bits per heavy atom. The first-order chi connectivity index (χ1) is 17.9. The lowest BCUT2D eigenvalue weighted by atomic mass is 9.74. The molecule has 0 radical (unpaired) electrons. The van der Waals surface area contributed by atoms with Gasteiger partial charge in [0.05, 0.1) is 11.8 Å². The van der Waals surface area contributed by atoms with E-state index in [1.165, 1.54) is 16.8 Å². The molecule has 1 fully saturated rings. The summed E-state index contributed by atoms with van der Waals surface area (Å²) in [6.45, 7) is 24.5. The van der Waals surface area contributed by atoms with Gasteiger partial charge in [0.1, 0.15) is 6.10 Å². The smallest absolute Gasteiger partial charge is 0.192 e. The summed E-state index contributed by atoms with van der Waals surface area (Å²) in [4.78, 5) is 5.45. The number of nitrogens with zero attached hydrogens (tertiary/aromatic N) is 1. The highest BCUT2D eigenvalue weighted by atomic mass is 127. The third kappa shape index (κ3) is 6.66. The topological polar surface area (TPSA) is 51.6 Å². The largest absolute Gasteiger partial charge is 0.410 e. The van der Waals surface area contributed by atoms with Crippen LogP contribution in [-0.2, 0) is 21.0 Å². The van der Waals surface area contributed by atoms with Crippen molar-refractivity contribution in [2.75, 3.05) is 13.2 Å². The number of ether oxygens (including phenoxy) is 1. The molecule has 1 saturated heterocycles. The molecule has 0 spiro atoms. The fraction of sp³-hybridized carbons (Fsp3) is 0.667. The van der Waals surface area contributed by atoms with E-state index in [0.717, 1.165) is 59.3 Å². The van der Waals surface area contributed by atoms with Crippen LogP contribution in [0.4, 0.5) is 0 Å². The fourth-order valence-corrected chi connectivity index (χ4v) is 8.24. The minimum atomic E-state index is -2.04. The van der Waals surface area contributed by atoms with Crippen LogP contribution in [0.1, 0.15) is 126 Å². The second kappa shape index (κ2) is 11.1. The second-order valence-electron chi connectivity index (χ2n) is 15.2. The molecule has 2 aliphatic rings. The number of hydrogen-bond donors (Lipinski definition) is 1. The van der Waals surface area contributed by atoms with Crippen molar-refractivity contribution < 1.29 is 14.3 Å². The van der Waals surface area contributed by atoms with Crippen molar-refractivity contribution in [3.05, 3.63) is 61.5 Å². The zero-order valence-corrected chi connectivity index (χ0v) is 29.0. The quantitative estimate of drug-likeness (QED) is 0.256. The summed E-state index contributed by atoms with van der Waals surface area (Å²) in [6.07, 6.45) is 3.04. The van der Waals surface area contributed by atoms with E-state index in [-0.39, 0.29) is 22.0 Å². The maximum atomic E-state index is 12.0. The molecular weight excluding hydrogens is 613 g/mol. The average molecular weight is 664 g/mol. The zero-order chi connectivity index (χ0) is 29.0. The summed E-state index contributed by atoms with van der Waals surface area (Å²) >= 11 is 2.51. The Hall–Kier alpha value is -0.803. The number of rotatable bonds is 5. The van der Waals surface area contributed by atoms with Crippen molar-refractivity contribution in [3.8, 4) is 0 Å². The van der Waals surface area contributed by atoms with Crippen LogP contribution in [0.2, 0.25) is 18.1 Å². The summed E-state index contributed by atoms with van der Waals surface area (Å²) < 4.78 is 14.0. The number of halogens is 1. The van der Waals surface area contributed by atoms with Crippen LogP contribution in [0.5, 0.6) is 0 Å². The molecule has 1 aliphatic carbocycles. The molecule has 1 aliphatic heterocycles. The van der Waals surface area contributed by atoms with Crippen molar-refractivity contribution in [2.24, 2.45) is 5.41 Å². The van der Waals surface area contributed by atoms with Crippen molar-refractivity contribution >= 4 is 30.9 Å². The highest BCUT2D eigenvalue weighted by Gasteiger charge is 2.44. The summed E-state index contributed by atoms with van der Waals surface area (Å²) in [6, 6.07) is 8.52. The first-order valence-electron chi connectivity index (χ1n) is 14.7. The molecule has 4 nitrogen and oxygen atoms in total. The third-order valence-corrected chi connectivity index (χ3v) is 14.9. The van der Waals surface area contributed by atoms with Crippen LogP contribution >= 0.6 is 22.6 Å². The van der Waals surface area contributed by atoms with Gasteiger partial charge in [-0.25, -0.2) is 0 Å². The first kappa shape index (κ1) is 31.1. The molecule has 2 atom stereocenters. The average Bonchev–Trinajstić information content (AvgIpc) is 2.81. The maximum absolute atomic E-state index is 12.0. The number of pyridine rings is 1. The van der Waals surface area contributed by atoms with Gasteiger partial charge in [-0.3, -0.25) is 4.98 Å². The van der Waals surface area contributed by atoms with E-state index < -0.39 is 14.4 Å². The Morgan fingerprint density at radius 1 is 1.05 bits per heavy atom. The van der Waals surface area contributed by atoms with Gasteiger partial charge in [-0.05, 0) is 88.4 Å². The van der Waals surface area contributed by atoms with E-state index in [1.807, 2.05) is 0 Å². The molecule has 6 heteroatoms. The van der Waals surface area contributed by atoms with Gasteiger partial charge in [0.25, 0.3) is 0 Å². The zero-order valence-electron chi connectivity index (χ0n) is 25.9. The van der Waals surface area contributed by atoms with Crippen molar-refractivity contribution in [2.45, 2.75) is 123 Å². The summed E-state index contributed by atoms with van der Waals surface area (Å²) in [5, 5.41) is 12.1. The lowest BCUT2D eigenvalue weighted by Crippen LogP contribution is -2.44. The number of aromatic nitrogens is 1. The van der Waals surface area contributed by atoms with Gasteiger partial charge < -0.3 is 14.3 Å². The van der Waals surface area contributed by atoms with E-state index >= 15 is 0 Å². The van der Waals surface area contributed by atoms with E-state index in [2.05, 4.69) is 115 Å². The van der Waals surface area contributed by atoms with Crippen molar-refractivity contribution in [1.29, 1.82) is 0 Å². The summed E-state index contributed by atoms with van der Waals surface area (Å²) in [5.41, 5.74) is 6.80. The van der Waals surface area contributed by atoms with Crippen LogP contribution in [0.25, 0.3) is 0 Å². The Morgan fingerprint density at radius 2 is 1.64 bits per heavy atom. The van der Waals surface area contributed by atoms with E-state index in [4.69, 9.17) is 14.1 Å².